The Morgan fingerprint density at radius 3 is 2.93 bits per heavy atom. The monoisotopic (exact) mass is 259 g/mol. The molecular formula is C10H14BrNO2. The first-order chi connectivity index (χ1) is 6.57. The Morgan fingerprint density at radius 1 is 1.64 bits per heavy atom. The molecule has 1 aromatic heterocycles. The van der Waals surface area contributed by atoms with Crippen LogP contribution in [0.4, 0.5) is 0 Å². The highest BCUT2D eigenvalue weighted by Crippen LogP contribution is 2.26. The van der Waals surface area contributed by atoms with Gasteiger partial charge in [-0.25, -0.2) is 0 Å². The van der Waals surface area contributed by atoms with Crippen LogP contribution in [-0.2, 0) is 6.42 Å². The highest BCUT2D eigenvalue weighted by molar-refractivity contribution is 9.10. The summed E-state index contributed by atoms with van der Waals surface area (Å²) in [5.74, 6) is 0.842. The van der Waals surface area contributed by atoms with Gasteiger partial charge in [0.05, 0.1) is 5.60 Å². The van der Waals surface area contributed by atoms with Crippen molar-refractivity contribution in [2.45, 2.75) is 18.4 Å². The van der Waals surface area contributed by atoms with E-state index in [9.17, 15) is 5.11 Å². The molecule has 2 heterocycles. The van der Waals surface area contributed by atoms with Gasteiger partial charge in [0, 0.05) is 19.5 Å². The maximum atomic E-state index is 10.2. The van der Waals surface area contributed by atoms with Gasteiger partial charge in [-0.1, -0.05) is 0 Å². The standard InChI is InChI=1S/C10H14BrNO2/c1-12-5-4-10(13,7-12)6-8-2-3-9(11)14-8/h2-3,13H,4-7H2,1H3. The molecule has 0 radical (unpaired) electrons. The zero-order valence-corrected chi connectivity index (χ0v) is 9.75. The summed E-state index contributed by atoms with van der Waals surface area (Å²) in [5.41, 5.74) is -0.605. The van der Waals surface area contributed by atoms with Crippen molar-refractivity contribution in [3.8, 4) is 0 Å². The lowest BCUT2D eigenvalue weighted by Crippen LogP contribution is -2.34. The van der Waals surface area contributed by atoms with Crippen LogP contribution in [-0.4, -0.2) is 35.7 Å². The van der Waals surface area contributed by atoms with E-state index in [1.807, 2.05) is 19.2 Å². The average molecular weight is 260 g/mol. The number of likely N-dealkylation sites (N-methyl/N-ethyl adjacent to an activating group) is 1. The zero-order valence-electron chi connectivity index (χ0n) is 8.16. The number of hydrogen-bond acceptors (Lipinski definition) is 3. The summed E-state index contributed by atoms with van der Waals surface area (Å²) in [6.07, 6.45) is 1.42. The molecule has 1 N–H and O–H groups in total. The van der Waals surface area contributed by atoms with Crippen molar-refractivity contribution in [2.75, 3.05) is 20.1 Å². The van der Waals surface area contributed by atoms with Gasteiger partial charge in [-0.2, -0.15) is 0 Å². The Hall–Kier alpha value is -0.320. The number of halogens is 1. The van der Waals surface area contributed by atoms with Crippen LogP contribution in [0.1, 0.15) is 12.2 Å². The molecule has 1 atom stereocenters. The number of furan rings is 1. The molecular weight excluding hydrogens is 246 g/mol. The molecule has 1 aliphatic rings. The van der Waals surface area contributed by atoms with Gasteiger partial charge < -0.3 is 14.4 Å². The highest BCUT2D eigenvalue weighted by Gasteiger charge is 2.35. The van der Waals surface area contributed by atoms with Crippen LogP contribution < -0.4 is 0 Å². The molecule has 78 valence electrons. The van der Waals surface area contributed by atoms with Crippen molar-refractivity contribution in [2.24, 2.45) is 0 Å². The third kappa shape index (κ3) is 2.19. The molecule has 0 amide bonds. The molecule has 14 heavy (non-hydrogen) atoms. The fourth-order valence-corrected chi connectivity index (χ4v) is 2.31. The van der Waals surface area contributed by atoms with Gasteiger partial charge in [0.2, 0.25) is 0 Å². The van der Waals surface area contributed by atoms with E-state index >= 15 is 0 Å². The molecule has 0 bridgehead atoms. The topological polar surface area (TPSA) is 36.6 Å². The number of rotatable bonds is 2. The largest absolute Gasteiger partial charge is 0.454 e. The van der Waals surface area contributed by atoms with Gasteiger partial charge in [0.15, 0.2) is 4.67 Å². The Balaban J connectivity index is 2.03. The van der Waals surface area contributed by atoms with Crippen LogP contribution in [0.5, 0.6) is 0 Å². The van der Waals surface area contributed by atoms with E-state index in [4.69, 9.17) is 4.42 Å². The molecule has 0 saturated carbocycles. The minimum Gasteiger partial charge on any atom is -0.454 e. The second-order valence-corrected chi connectivity index (χ2v) is 4.88. The predicted octanol–water partition coefficient (Wildman–Crippen LogP) is 1.65. The maximum absolute atomic E-state index is 10.2. The Bertz CT molecular complexity index is 326. The predicted molar refractivity (Wildman–Crippen MR) is 57.2 cm³/mol. The summed E-state index contributed by atoms with van der Waals surface area (Å²) < 4.78 is 6.11. The van der Waals surface area contributed by atoms with E-state index in [1.165, 1.54) is 0 Å². The van der Waals surface area contributed by atoms with Crippen molar-refractivity contribution >= 4 is 15.9 Å². The van der Waals surface area contributed by atoms with Crippen LogP contribution in [0.25, 0.3) is 0 Å². The van der Waals surface area contributed by atoms with E-state index < -0.39 is 5.60 Å². The Labute approximate surface area is 91.8 Å². The average Bonchev–Trinajstić information content (AvgIpc) is 2.60. The summed E-state index contributed by atoms with van der Waals surface area (Å²) in [4.78, 5) is 2.14. The van der Waals surface area contributed by atoms with Crippen molar-refractivity contribution in [1.29, 1.82) is 0 Å². The molecule has 1 unspecified atom stereocenters. The first-order valence-corrected chi connectivity index (χ1v) is 5.52. The lowest BCUT2D eigenvalue weighted by Gasteiger charge is -2.20. The second-order valence-electron chi connectivity index (χ2n) is 4.09. The summed E-state index contributed by atoms with van der Waals surface area (Å²) >= 11 is 3.25. The first-order valence-electron chi connectivity index (χ1n) is 4.73. The summed E-state index contributed by atoms with van der Waals surface area (Å²) in [7, 11) is 2.02. The molecule has 0 aromatic carbocycles. The number of aliphatic hydroxyl groups is 1. The minimum absolute atomic E-state index is 0.600. The van der Waals surface area contributed by atoms with Gasteiger partial charge in [-0.15, -0.1) is 0 Å². The lowest BCUT2D eigenvalue weighted by molar-refractivity contribution is 0.0471. The van der Waals surface area contributed by atoms with Gasteiger partial charge >= 0.3 is 0 Å². The first kappa shape index (κ1) is 10.2. The van der Waals surface area contributed by atoms with Gasteiger partial charge in [0.25, 0.3) is 0 Å². The number of nitrogens with zero attached hydrogens (tertiary/aromatic N) is 1. The minimum atomic E-state index is -0.605. The fraction of sp³-hybridized carbons (Fsp3) is 0.600. The van der Waals surface area contributed by atoms with E-state index in [2.05, 4.69) is 20.8 Å². The zero-order chi connectivity index (χ0) is 10.2. The number of likely N-dealkylation sites (tertiary alicyclic amines) is 1. The number of hydrogen-bond donors (Lipinski definition) is 1. The number of β-amino-alcohol motifs (C(OH)–C–C–N with tert-alkyl or cyclic N) is 1. The Kier molecular flexibility index (Phi) is 2.68. The summed E-state index contributed by atoms with van der Waals surface area (Å²) in [6.45, 7) is 1.68. The van der Waals surface area contributed by atoms with E-state index in [1.54, 1.807) is 0 Å². The Morgan fingerprint density at radius 2 is 2.43 bits per heavy atom. The van der Waals surface area contributed by atoms with Gasteiger partial charge in [-0.3, -0.25) is 0 Å². The van der Waals surface area contributed by atoms with Crippen LogP contribution >= 0.6 is 15.9 Å². The smallest absolute Gasteiger partial charge is 0.169 e. The van der Waals surface area contributed by atoms with Crippen LogP contribution in [0.3, 0.4) is 0 Å². The third-order valence-corrected chi connectivity index (χ3v) is 3.08. The normalized spacial score (nSPS) is 28.5. The lowest BCUT2D eigenvalue weighted by atomic mass is 9.97. The molecule has 3 nitrogen and oxygen atoms in total. The van der Waals surface area contributed by atoms with Crippen LogP contribution in [0.2, 0.25) is 0 Å². The molecule has 1 saturated heterocycles. The molecule has 4 heteroatoms. The molecule has 0 aliphatic carbocycles. The summed E-state index contributed by atoms with van der Waals surface area (Å²) in [6, 6.07) is 3.76. The third-order valence-electron chi connectivity index (χ3n) is 2.66. The molecule has 1 aliphatic heterocycles. The fourth-order valence-electron chi connectivity index (χ4n) is 1.97. The molecule has 1 fully saturated rings. The van der Waals surface area contributed by atoms with Gasteiger partial charge in [0.1, 0.15) is 5.76 Å². The quantitative estimate of drug-likeness (QED) is 0.878. The SMILES string of the molecule is CN1CCC(O)(Cc2ccc(Br)o2)C1. The maximum Gasteiger partial charge on any atom is 0.169 e. The van der Waals surface area contributed by atoms with E-state index in [-0.39, 0.29) is 0 Å². The molecule has 1 aromatic rings. The van der Waals surface area contributed by atoms with Crippen LogP contribution in [0.15, 0.2) is 21.2 Å². The molecule has 0 spiro atoms. The highest BCUT2D eigenvalue weighted by atomic mass is 79.9. The molecule has 2 rings (SSSR count). The van der Waals surface area contributed by atoms with E-state index in [0.717, 1.165) is 29.9 Å². The van der Waals surface area contributed by atoms with Crippen molar-refractivity contribution in [3.63, 3.8) is 0 Å². The summed E-state index contributed by atoms with van der Waals surface area (Å²) in [5, 5.41) is 10.2. The van der Waals surface area contributed by atoms with Crippen LogP contribution in [0, 0.1) is 0 Å². The van der Waals surface area contributed by atoms with Crippen molar-refractivity contribution in [1.82, 2.24) is 4.90 Å². The van der Waals surface area contributed by atoms with Crippen molar-refractivity contribution in [3.05, 3.63) is 22.6 Å². The van der Waals surface area contributed by atoms with E-state index in [0.29, 0.717) is 6.42 Å². The van der Waals surface area contributed by atoms with Gasteiger partial charge in [-0.05, 0) is 41.5 Å². The second kappa shape index (κ2) is 3.68. The van der Waals surface area contributed by atoms with Crippen molar-refractivity contribution < 1.29 is 9.52 Å².